The van der Waals surface area contributed by atoms with Gasteiger partial charge in [-0.3, -0.25) is 4.79 Å². The first-order valence-electron chi connectivity index (χ1n) is 7.06. The molecule has 0 radical (unpaired) electrons. The largest absolute Gasteiger partial charge is 0.497 e. The maximum absolute atomic E-state index is 11.8. The van der Waals surface area contributed by atoms with Crippen LogP contribution in [0.1, 0.15) is 10.4 Å². The lowest BCUT2D eigenvalue weighted by molar-refractivity contribution is 0.0964. The second kappa shape index (κ2) is 7.93. The van der Waals surface area contributed by atoms with E-state index in [9.17, 15) is 4.79 Å². The van der Waals surface area contributed by atoms with Gasteiger partial charge in [0.25, 0.3) is 5.91 Å². The molecular weight excluding hydrogens is 280 g/mol. The lowest BCUT2D eigenvalue weighted by Crippen LogP contribution is -2.20. The lowest BCUT2D eigenvalue weighted by atomic mass is 10.1. The van der Waals surface area contributed by atoms with E-state index < -0.39 is 0 Å². The number of para-hydroxylation sites is 1. The minimum Gasteiger partial charge on any atom is -0.497 e. The SMILES string of the molecule is CNC(=O)c1ccccc1NCCOc1ccc(OC)cc1. The molecule has 0 spiro atoms. The Hall–Kier alpha value is -2.69. The topological polar surface area (TPSA) is 59.6 Å². The second-order valence-corrected chi connectivity index (χ2v) is 4.58. The van der Waals surface area contributed by atoms with E-state index in [0.29, 0.717) is 18.7 Å². The summed E-state index contributed by atoms with van der Waals surface area (Å²) < 4.78 is 10.7. The Balaban J connectivity index is 1.85. The predicted molar refractivity (Wildman–Crippen MR) is 86.8 cm³/mol. The van der Waals surface area contributed by atoms with Gasteiger partial charge in [0.05, 0.1) is 12.7 Å². The highest BCUT2D eigenvalue weighted by molar-refractivity contribution is 5.99. The van der Waals surface area contributed by atoms with Crippen molar-refractivity contribution in [3.05, 3.63) is 54.1 Å². The zero-order valence-electron chi connectivity index (χ0n) is 12.8. The van der Waals surface area contributed by atoms with Crippen molar-refractivity contribution in [3.8, 4) is 11.5 Å². The predicted octanol–water partition coefficient (Wildman–Crippen LogP) is 2.55. The highest BCUT2D eigenvalue weighted by Gasteiger charge is 2.08. The van der Waals surface area contributed by atoms with Crippen molar-refractivity contribution in [1.82, 2.24) is 5.32 Å². The minimum absolute atomic E-state index is 0.112. The molecule has 116 valence electrons. The van der Waals surface area contributed by atoms with Gasteiger partial charge in [-0.2, -0.15) is 0 Å². The van der Waals surface area contributed by atoms with Gasteiger partial charge in [-0.25, -0.2) is 0 Å². The number of carbonyl (C=O) groups is 1. The van der Waals surface area contributed by atoms with E-state index in [0.717, 1.165) is 17.2 Å². The van der Waals surface area contributed by atoms with E-state index in [1.54, 1.807) is 20.2 Å². The summed E-state index contributed by atoms with van der Waals surface area (Å²) in [6, 6.07) is 14.8. The fourth-order valence-electron chi connectivity index (χ4n) is 2.00. The van der Waals surface area contributed by atoms with Crippen molar-refractivity contribution in [2.75, 3.05) is 32.6 Å². The van der Waals surface area contributed by atoms with Crippen molar-refractivity contribution < 1.29 is 14.3 Å². The van der Waals surface area contributed by atoms with E-state index in [1.165, 1.54) is 0 Å². The summed E-state index contributed by atoms with van der Waals surface area (Å²) in [5.41, 5.74) is 1.41. The Morgan fingerprint density at radius 3 is 2.41 bits per heavy atom. The van der Waals surface area contributed by atoms with Gasteiger partial charge in [0.2, 0.25) is 0 Å². The van der Waals surface area contributed by atoms with Crippen LogP contribution in [0, 0.1) is 0 Å². The molecule has 0 unspecified atom stereocenters. The van der Waals surface area contributed by atoms with E-state index >= 15 is 0 Å². The molecule has 0 bridgehead atoms. The van der Waals surface area contributed by atoms with Crippen LogP contribution in [0.5, 0.6) is 11.5 Å². The van der Waals surface area contributed by atoms with Gasteiger partial charge < -0.3 is 20.1 Å². The van der Waals surface area contributed by atoms with Crippen LogP contribution < -0.4 is 20.1 Å². The van der Waals surface area contributed by atoms with Gasteiger partial charge >= 0.3 is 0 Å². The van der Waals surface area contributed by atoms with Crippen LogP contribution in [0.3, 0.4) is 0 Å². The number of hydrogen-bond acceptors (Lipinski definition) is 4. The highest BCUT2D eigenvalue weighted by Crippen LogP contribution is 2.17. The molecule has 0 aliphatic carbocycles. The number of amides is 1. The zero-order valence-corrected chi connectivity index (χ0v) is 12.8. The fourth-order valence-corrected chi connectivity index (χ4v) is 2.00. The first kappa shape index (κ1) is 15.7. The summed E-state index contributed by atoms with van der Waals surface area (Å²) in [6.45, 7) is 1.09. The highest BCUT2D eigenvalue weighted by atomic mass is 16.5. The molecule has 0 aliphatic heterocycles. The molecule has 2 aromatic rings. The van der Waals surface area contributed by atoms with Crippen molar-refractivity contribution in [2.24, 2.45) is 0 Å². The smallest absolute Gasteiger partial charge is 0.253 e. The third kappa shape index (κ3) is 4.15. The molecule has 2 aromatic carbocycles. The third-order valence-electron chi connectivity index (χ3n) is 3.14. The van der Waals surface area contributed by atoms with E-state index in [2.05, 4.69) is 10.6 Å². The van der Waals surface area contributed by atoms with Crippen LogP contribution >= 0.6 is 0 Å². The van der Waals surface area contributed by atoms with Crippen molar-refractivity contribution in [3.63, 3.8) is 0 Å². The normalized spacial score (nSPS) is 9.91. The van der Waals surface area contributed by atoms with E-state index in [1.807, 2.05) is 42.5 Å². The maximum Gasteiger partial charge on any atom is 0.253 e. The minimum atomic E-state index is -0.112. The number of carbonyl (C=O) groups excluding carboxylic acids is 1. The molecule has 0 atom stereocenters. The van der Waals surface area contributed by atoms with Gasteiger partial charge in [-0.05, 0) is 36.4 Å². The fraction of sp³-hybridized carbons (Fsp3) is 0.235. The summed E-state index contributed by atoms with van der Waals surface area (Å²) in [6.07, 6.45) is 0. The zero-order chi connectivity index (χ0) is 15.8. The molecule has 0 aliphatic rings. The molecule has 0 aromatic heterocycles. The van der Waals surface area contributed by atoms with E-state index in [-0.39, 0.29) is 5.91 Å². The summed E-state index contributed by atoms with van der Waals surface area (Å²) in [4.78, 5) is 11.8. The van der Waals surface area contributed by atoms with Gasteiger partial charge in [-0.1, -0.05) is 12.1 Å². The van der Waals surface area contributed by atoms with Gasteiger partial charge in [0.15, 0.2) is 0 Å². The van der Waals surface area contributed by atoms with Gasteiger partial charge in [-0.15, -0.1) is 0 Å². The Kier molecular flexibility index (Phi) is 5.65. The van der Waals surface area contributed by atoms with Gasteiger partial charge in [0.1, 0.15) is 18.1 Å². The van der Waals surface area contributed by atoms with Crippen molar-refractivity contribution in [2.45, 2.75) is 0 Å². The van der Waals surface area contributed by atoms with Crippen molar-refractivity contribution in [1.29, 1.82) is 0 Å². The van der Waals surface area contributed by atoms with Crippen LogP contribution in [0.2, 0.25) is 0 Å². The number of nitrogens with one attached hydrogen (secondary N) is 2. The molecule has 0 saturated heterocycles. The lowest BCUT2D eigenvalue weighted by Gasteiger charge is -2.12. The first-order chi connectivity index (χ1) is 10.7. The Bertz CT molecular complexity index is 612. The Morgan fingerprint density at radius 1 is 1.05 bits per heavy atom. The Labute approximate surface area is 130 Å². The van der Waals surface area contributed by atoms with Crippen LogP contribution in [0.15, 0.2) is 48.5 Å². The summed E-state index contributed by atoms with van der Waals surface area (Å²) in [5, 5.41) is 5.84. The number of ether oxygens (including phenoxy) is 2. The van der Waals surface area contributed by atoms with Crippen LogP contribution in [0.25, 0.3) is 0 Å². The maximum atomic E-state index is 11.8. The number of hydrogen-bond donors (Lipinski definition) is 2. The average Bonchev–Trinajstić information content (AvgIpc) is 2.59. The number of benzene rings is 2. The average molecular weight is 300 g/mol. The summed E-state index contributed by atoms with van der Waals surface area (Å²) in [5.74, 6) is 1.46. The summed E-state index contributed by atoms with van der Waals surface area (Å²) >= 11 is 0. The number of anilines is 1. The third-order valence-corrected chi connectivity index (χ3v) is 3.14. The molecule has 5 heteroatoms. The van der Waals surface area contributed by atoms with Crippen LogP contribution in [-0.4, -0.2) is 33.2 Å². The van der Waals surface area contributed by atoms with Gasteiger partial charge in [0, 0.05) is 19.3 Å². The second-order valence-electron chi connectivity index (χ2n) is 4.58. The van der Waals surface area contributed by atoms with Crippen molar-refractivity contribution >= 4 is 11.6 Å². The van der Waals surface area contributed by atoms with Crippen LogP contribution in [0.4, 0.5) is 5.69 Å². The molecule has 1 amide bonds. The molecule has 22 heavy (non-hydrogen) atoms. The molecule has 0 fully saturated rings. The standard InChI is InChI=1S/C17H20N2O3/c1-18-17(20)15-5-3-4-6-16(15)19-11-12-22-14-9-7-13(21-2)8-10-14/h3-10,19H,11-12H2,1-2H3,(H,18,20). The monoisotopic (exact) mass is 300 g/mol. The Morgan fingerprint density at radius 2 is 1.73 bits per heavy atom. The number of methoxy groups -OCH3 is 1. The molecule has 5 nitrogen and oxygen atoms in total. The molecule has 0 heterocycles. The summed E-state index contributed by atoms with van der Waals surface area (Å²) in [7, 11) is 3.25. The van der Waals surface area contributed by atoms with E-state index in [4.69, 9.17) is 9.47 Å². The molecular formula is C17H20N2O3. The molecule has 2 N–H and O–H groups in total. The van der Waals surface area contributed by atoms with Crippen LogP contribution in [-0.2, 0) is 0 Å². The molecule has 2 rings (SSSR count). The number of rotatable bonds is 7. The molecule has 0 saturated carbocycles. The quantitative estimate of drug-likeness (QED) is 0.772. The first-order valence-corrected chi connectivity index (χ1v) is 7.06.